The van der Waals surface area contributed by atoms with Gasteiger partial charge in [-0.2, -0.15) is 5.10 Å². The van der Waals surface area contributed by atoms with Crippen LogP contribution in [0.25, 0.3) is 10.2 Å². The first-order chi connectivity index (χ1) is 20.3. The van der Waals surface area contributed by atoms with Crippen LogP contribution in [0.2, 0.25) is 0 Å². The summed E-state index contributed by atoms with van der Waals surface area (Å²) in [5.74, 6) is -2.98. The molecule has 3 saturated heterocycles. The topological polar surface area (TPSA) is 229 Å². The number of nitrogens with one attached hydrogen (secondary N) is 2. The Bertz CT molecular complexity index is 1650. The van der Waals surface area contributed by atoms with Crippen molar-refractivity contribution in [2.75, 3.05) is 25.4 Å². The van der Waals surface area contributed by atoms with Crippen molar-refractivity contribution in [3.05, 3.63) is 36.1 Å². The summed E-state index contributed by atoms with van der Waals surface area (Å²) in [7, 11) is 0. The first-order valence-electron chi connectivity index (χ1n) is 13.0. The molecule has 1 aromatic heterocycles. The number of urea groups is 2. The van der Waals surface area contributed by atoms with Gasteiger partial charge in [0.2, 0.25) is 5.91 Å². The molecule has 4 aliphatic rings. The minimum atomic E-state index is -2.28. The second-order valence-electron chi connectivity index (χ2n) is 10.8. The molecule has 0 saturated carbocycles. The molecule has 226 valence electrons. The van der Waals surface area contributed by atoms with Crippen molar-refractivity contribution in [1.29, 1.82) is 0 Å². The fourth-order valence-corrected chi connectivity index (χ4v) is 7.79. The summed E-state index contributed by atoms with van der Waals surface area (Å²) >= 11 is 2.34. The summed E-state index contributed by atoms with van der Waals surface area (Å²) in [5.41, 5.74) is 11.4. The molecule has 0 bridgehead atoms. The Balaban J connectivity index is 0.00000384. The molecule has 0 aliphatic carbocycles. The summed E-state index contributed by atoms with van der Waals surface area (Å²) in [6, 6.07) is 0.572. The van der Waals surface area contributed by atoms with Crippen molar-refractivity contribution in [1.82, 2.24) is 30.4 Å². The average molecular weight is 652 g/mol. The van der Waals surface area contributed by atoms with E-state index < -0.39 is 57.7 Å². The molecule has 4 aliphatic heterocycles. The van der Waals surface area contributed by atoms with Crippen LogP contribution in [-0.4, -0.2) is 97.3 Å². The second-order valence-corrected chi connectivity index (χ2v) is 13.6. The predicted molar refractivity (Wildman–Crippen MR) is 153 cm³/mol. The normalized spacial score (nSPS) is 25.8. The fourth-order valence-electron chi connectivity index (χ4n) is 5.40. The number of nitrogens with zero attached hydrogens (tertiary/aromatic N) is 5. The second kappa shape index (κ2) is 11.5. The van der Waals surface area contributed by atoms with E-state index in [1.807, 2.05) is 0 Å². The van der Waals surface area contributed by atoms with Crippen molar-refractivity contribution < 1.29 is 63.4 Å². The zero-order valence-electron chi connectivity index (χ0n) is 23.8. The number of hydrogen-bond donors (Lipinski definition) is 4. The minimum Gasteiger partial charge on any atom is -0.548 e. The summed E-state index contributed by atoms with van der Waals surface area (Å²) in [6.07, 6.45) is 3.03. The van der Waals surface area contributed by atoms with Crippen LogP contribution < -0.4 is 56.8 Å². The van der Waals surface area contributed by atoms with E-state index in [1.165, 1.54) is 30.2 Å². The number of thioether (sulfide) groups is 1. The number of carboxylic acids is 1. The van der Waals surface area contributed by atoms with Gasteiger partial charge in [0.25, 0.3) is 5.91 Å². The summed E-state index contributed by atoms with van der Waals surface area (Å²) in [5, 5.41) is 21.7. The molecule has 44 heavy (non-hydrogen) atoms. The largest absolute Gasteiger partial charge is 1.00 e. The van der Waals surface area contributed by atoms with E-state index >= 15 is 0 Å². The predicted octanol–water partition coefficient (Wildman–Crippen LogP) is -4.36. The maximum Gasteiger partial charge on any atom is 1.00 e. The molecular formula is C25H26N9NaO7S2. The quantitative estimate of drug-likeness (QED) is 0.133. The van der Waals surface area contributed by atoms with Crippen LogP contribution in [0.15, 0.2) is 35.6 Å². The summed E-state index contributed by atoms with van der Waals surface area (Å²) in [6.45, 7) is 3.58. The number of benzene rings is 1. The Morgan fingerprint density at radius 2 is 2.00 bits per heavy atom. The number of thiazole rings is 1. The maximum atomic E-state index is 13.9. The van der Waals surface area contributed by atoms with Crippen LogP contribution in [-0.2, 0) is 24.8 Å². The monoisotopic (exact) mass is 651 g/mol. The van der Waals surface area contributed by atoms with E-state index in [9.17, 15) is 29.1 Å². The Morgan fingerprint density at radius 1 is 1.25 bits per heavy atom. The number of aliphatic carboxylic acids is 1. The van der Waals surface area contributed by atoms with Crippen molar-refractivity contribution in [2.45, 2.75) is 41.7 Å². The molecule has 16 nitrogen and oxygen atoms in total. The average Bonchev–Trinajstić information content (AvgIpc) is 3.72. The van der Waals surface area contributed by atoms with E-state index in [1.54, 1.807) is 26.0 Å². The fraction of sp³-hybridized carbons (Fsp3) is 0.400. The number of carboxylic acid groups (broad SMARTS) is 1. The van der Waals surface area contributed by atoms with Gasteiger partial charge in [-0.15, -0.1) is 11.8 Å². The third kappa shape index (κ3) is 5.28. The first kappa shape index (κ1) is 32.0. The van der Waals surface area contributed by atoms with Gasteiger partial charge in [-0.1, -0.05) is 17.4 Å². The molecule has 4 atom stereocenters. The molecule has 3 fully saturated rings. The number of nitrogen functional groups attached to an aromatic ring is 1. The van der Waals surface area contributed by atoms with Crippen LogP contribution in [0.1, 0.15) is 19.4 Å². The molecule has 0 spiro atoms. The van der Waals surface area contributed by atoms with Gasteiger partial charge in [0, 0.05) is 10.3 Å². The molecule has 19 heteroatoms. The van der Waals surface area contributed by atoms with Gasteiger partial charge in [-0.05, 0) is 32.1 Å². The van der Waals surface area contributed by atoms with Crippen LogP contribution >= 0.6 is 23.1 Å². The molecular weight excluding hydrogens is 625 g/mol. The zero-order chi connectivity index (χ0) is 30.8. The Kier molecular flexibility index (Phi) is 8.36. The van der Waals surface area contributed by atoms with Gasteiger partial charge < -0.3 is 35.9 Å². The smallest absolute Gasteiger partial charge is 0.548 e. The molecule has 2 aromatic rings. The molecule has 1 unspecified atom stereocenters. The van der Waals surface area contributed by atoms with Crippen LogP contribution in [0, 0.1) is 0 Å². The number of carbonyl (C=O) groups is 5. The third-order valence-electron chi connectivity index (χ3n) is 7.54. The van der Waals surface area contributed by atoms with E-state index in [0.717, 1.165) is 26.1 Å². The Labute approximate surface area is 280 Å². The number of anilines is 1. The van der Waals surface area contributed by atoms with E-state index in [4.69, 9.17) is 16.2 Å². The molecule has 6 rings (SSSR count). The van der Waals surface area contributed by atoms with Crippen molar-refractivity contribution in [3.63, 3.8) is 0 Å². The number of hydrogen-bond acceptors (Lipinski definition) is 13. The molecule has 0 radical (unpaired) electrons. The molecule has 6 N–H and O–H groups in total. The van der Waals surface area contributed by atoms with E-state index in [0.29, 0.717) is 15.9 Å². The van der Waals surface area contributed by atoms with Crippen LogP contribution in [0.4, 0.5) is 14.7 Å². The molecule has 1 aromatic carbocycles. The number of carbonyl (C=O) groups excluding carboxylic acids is 5. The van der Waals surface area contributed by atoms with Gasteiger partial charge in [0.05, 0.1) is 41.6 Å². The van der Waals surface area contributed by atoms with Gasteiger partial charge in [-0.25, -0.2) is 24.5 Å². The number of rotatable bonds is 6. The minimum absolute atomic E-state index is 0. The SMILES string of the molecule is CC1(C)S[C@@H]2[C@H](NC(=O)C(N)(NC(=O)N3CCN(N=C4C=COC4)C3=O)c3ccc4nc(N)sc4c3)C(=O)N2[C@H]1C(=O)[O-].[Na+]. The number of aromatic nitrogens is 1. The number of fused-ring (bicyclic) bond motifs is 2. The number of β-lactam (4-membered cyclic amide) rings is 1. The van der Waals surface area contributed by atoms with Crippen molar-refractivity contribution >= 4 is 74.0 Å². The van der Waals surface area contributed by atoms with Gasteiger partial charge in [0.1, 0.15) is 23.7 Å². The van der Waals surface area contributed by atoms with Gasteiger partial charge in [0.15, 0.2) is 10.8 Å². The van der Waals surface area contributed by atoms with E-state index in [-0.39, 0.29) is 59.9 Å². The summed E-state index contributed by atoms with van der Waals surface area (Å²) in [4.78, 5) is 71.4. The number of amides is 6. The third-order valence-corrected chi connectivity index (χ3v) is 9.96. The zero-order valence-corrected chi connectivity index (χ0v) is 27.4. The van der Waals surface area contributed by atoms with E-state index in [2.05, 4.69) is 20.7 Å². The van der Waals surface area contributed by atoms with Crippen LogP contribution in [0.3, 0.4) is 0 Å². The van der Waals surface area contributed by atoms with Crippen molar-refractivity contribution in [3.8, 4) is 0 Å². The number of nitrogens with two attached hydrogens (primary N) is 2. The first-order valence-corrected chi connectivity index (χ1v) is 14.7. The summed E-state index contributed by atoms with van der Waals surface area (Å²) < 4.78 is 4.78. The molecule has 6 amide bonds. The number of hydrazone groups is 1. The Hall–Kier alpha value is -3.42. The van der Waals surface area contributed by atoms with Gasteiger partial charge in [-0.3, -0.25) is 15.3 Å². The van der Waals surface area contributed by atoms with Crippen molar-refractivity contribution in [2.24, 2.45) is 10.8 Å². The Morgan fingerprint density at radius 3 is 2.68 bits per heavy atom. The number of ether oxygens (including phenoxy) is 1. The molecule has 5 heterocycles. The number of imide groups is 1. The van der Waals surface area contributed by atoms with Crippen LogP contribution in [0.5, 0.6) is 0 Å². The van der Waals surface area contributed by atoms with Gasteiger partial charge >= 0.3 is 41.6 Å². The maximum absolute atomic E-state index is 13.9. The standard InChI is InChI=1S/C25H27N9O7S2.Na/c1-24(2)16(19(36)37)34-17(35)15(18(34)43-24)29-20(38)25(27,11-3-4-13-14(9-11)42-21(26)28-13)30-22(39)32-6-7-33(23(32)40)31-12-5-8-41-10-12;/h3-5,8-9,15-16,18H,6-7,10,27H2,1-2H3,(H2,26,28)(H,29,38)(H,30,39)(H,36,37);/q;+1/p-1/t15-,16+,18-,25?;/m1./s1.